The molecule has 1 fully saturated rings. The van der Waals surface area contributed by atoms with Gasteiger partial charge in [0.25, 0.3) is 0 Å². The molecule has 0 bridgehead atoms. The predicted molar refractivity (Wildman–Crippen MR) is 80.5 cm³/mol. The van der Waals surface area contributed by atoms with E-state index < -0.39 is 6.10 Å². The zero-order valence-electron chi connectivity index (χ0n) is 12.5. The Labute approximate surface area is 122 Å². The van der Waals surface area contributed by atoms with Gasteiger partial charge in [0.15, 0.2) is 0 Å². The SMILES string of the molecule is C=CCC1(C(O)C=C)CCN(C(=O)OCCCC)CC1. The number of likely N-dealkylation sites (tertiary alicyclic amines) is 1. The van der Waals surface area contributed by atoms with E-state index in [4.69, 9.17) is 4.74 Å². The van der Waals surface area contributed by atoms with Crippen molar-refractivity contribution in [3.05, 3.63) is 25.3 Å². The van der Waals surface area contributed by atoms with Crippen LogP contribution in [0.5, 0.6) is 0 Å². The molecule has 0 aliphatic carbocycles. The summed E-state index contributed by atoms with van der Waals surface area (Å²) in [6, 6.07) is 0. The monoisotopic (exact) mass is 281 g/mol. The first-order valence-electron chi connectivity index (χ1n) is 7.43. The zero-order chi connectivity index (χ0) is 15.0. The summed E-state index contributed by atoms with van der Waals surface area (Å²) >= 11 is 0. The lowest BCUT2D eigenvalue weighted by atomic mass is 9.71. The van der Waals surface area contributed by atoms with Crippen molar-refractivity contribution < 1.29 is 14.6 Å². The van der Waals surface area contributed by atoms with E-state index >= 15 is 0 Å². The van der Waals surface area contributed by atoms with Gasteiger partial charge in [-0.15, -0.1) is 13.2 Å². The van der Waals surface area contributed by atoms with Crippen molar-refractivity contribution >= 4 is 6.09 Å². The van der Waals surface area contributed by atoms with Crippen LogP contribution in [0.1, 0.15) is 39.0 Å². The van der Waals surface area contributed by atoms with Crippen LogP contribution in [0.2, 0.25) is 0 Å². The fourth-order valence-corrected chi connectivity index (χ4v) is 2.69. The second-order valence-electron chi connectivity index (χ2n) is 5.49. The van der Waals surface area contributed by atoms with E-state index in [1.165, 1.54) is 0 Å². The molecule has 1 saturated heterocycles. The number of nitrogens with zero attached hydrogens (tertiary/aromatic N) is 1. The molecule has 0 spiro atoms. The number of carbonyl (C=O) groups excluding carboxylic acids is 1. The molecule has 4 nitrogen and oxygen atoms in total. The van der Waals surface area contributed by atoms with Gasteiger partial charge in [-0.1, -0.05) is 25.5 Å². The molecule has 1 heterocycles. The normalized spacial score (nSPS) is 19.2. The Hall–Kier alpha value is -1.29. The van der Waals surface area contributed by atoms with Crippen LogP contribution in [0.3, 0.4) is 0 Å². The van der Waals surface area contributed by atoms with Crippen LogP contribution in [0.4, 0.5) is 4.79 Å². The topological polar surface area (TPSA) is 49.8 Å². The number of aliphatic hydroxyl groups is 1. The molecule has 0 radical (unpaired) electrons. The number of carbonyl (C=O) groups is 1. The van der Waals surface area contributed by atoms with Gasteiger partial charge in [-0.2, -0.15) is 0 Å². The molecule has 1 unspecified atom stereocenters. The minimum Gasteiger partial charge on any atom is -0.449 e. The van der Waals surface area contributed by atoms with Gasteiger partial charge in [0.05, 0.1) is 12.7 Å². The smallest absolute Gasteiger partial charge is 0.409 e. The van der Waals surface area contributed by atoms with E-state index in [-0.39, 0.29) is 11.5 Å². The third-order valence-electron chi connectivity index (χ3n) is 4.14. The third kappa shape index (κ3) is 4.10. The van der Waals surface area contributed by atoms with Crippen LogP contribution in [0, 0.1) is 5.41 Å². The highest BCUT2D eigenvalue weighted by Gasteiger charge is 2.39. The van der Waals surface area contributed by atoms with Crippen LogP contribution < -0.4 is 0 Å². The summed E-state index contributed by atoms with van der Waals surface area (Å²) < 4.78 is 5.22. The first-order chi connectivity index (χ1) is 9.59. The summed E-state index contributed by atoms with van der Waals surface area (Å²) in [4.78, 5) is 13.6. The number of piperidine rings is 1. The van der Waals surface area contributed by atoms with Gasteiger partial charge >= 0.3 is 6.09 Å². The molecular formula is C16H27NO3. The molecule has 0 aromatic carbocycles. The predicted octanol–water partition coefficient (Wildman–Crippen LogP) is 3.13. The minimum atomic E-state index is -0.557. The molecule has 1 rings (SSSR count). The second-order valence-corrected chi connectivity index (χ2v) is 5.49. The number of allylic oxidation sites excluding steroid dienone is 1. The van der Waals surface area contributed by atoms with Crippen molar-refractivity contribution in [1.29, 1.82) is 0 Å². The Morgan fingerprint density at radius 3 is 2.60 bits per heavy atom. The molecule has 1 aliphatic rings. The minimum absolute atomic E-state index is 0.232. The van der Waals surface area contributed by atoms with Gasteiger partial charge in [-0.3, -0.25) is 0 Å². The first kappa shape index (κ1) is 16.8. The fraction of sp³-hybridized carbons (Fsp3) is 0.688. The summed E-state index contributed by atoms with van der Waals surface area (Å²) in [6.45, 7) is 11.2. The molecule has 1 aliphatic heterocycles. The Balaban J connectivity index is 2.53. The molecule has 0 aromatic rings. The standard InChI is InChI=1S/C16H27NO3/c1-4-7-13-20-15(19)17-11-9-16(8-5-2,10-12-17)14(18)6-3/h5-6,14,18H,2-4,7-13H2,1H3. The molecule has 1 N–H and O–H groups in total. The van der Waals surface area contributed by atoms with Crippen LogP contribution in [-0.2, 0) is 4.74 Å². The Morgan fingerprint density at radius 2 is 2.10 bits per heavy atom. The van der Waals surface area contributed by atoms with Gasteiger partial charge in [-0.25, -0.2) is 4.79 Å². The highest BCUT2D eigenvalue weighted by Crippen LogP contribution is 2.39. The molecule has 1 amide bonds. The summed E-state index contributed by atoms with van der Waals surface area (Å²) in [5.74, 6) is 0. The van der Waals surface area contributed by atoms with E-state index in [1.807, 2.05) is 6.08 Å². The Kier molecular flexibility index (Phi) is 6.79. The largest absolute Gasteiger partial charge is 0.449 e. The second kappa shape index (κ2) is 8.10. The number of amides is 1. The van der Waals surface area contributed by atoms with E-state index in [0.717, 1.165) is 32.1 Å². The van der Waals surface area contributed by atoms with E-state index in [0.29, 0.717) is 19.7 Å². The number of hydrogen-bond acceptors (Lipinski definition) is 3. The van der Waals surface area contributed by atoms with Crippen molar-refractivity contribution in [3.63, 3.8) is 0 Å². The average molecular weight is 281 g/mol. The highest BCUT2D eigenvalue weighted by atomic mass is 16.6. The lowest BCUT2D eigenvalue weighted by Gasteiger charge is -2.43. The molecular weight excluding hydrogens is 254 g/mol. The first-order valence-corrected chi connectivity index (χ1v) is 7.43. The van der Waals surface area contributed by atoms with Gasteiger partial charge in [-0.05, 0) is 25.7 Å². The van der Waals surface area contributed by atoms with Gasteiger partial charge in [0.1, 0.15) is 0 Å². The van der Waals surface area contributed by atoms with E-state index in [1.54, 1.807) is 11.0 Å². The summed E-state index contributed by atoms with van der Waals surface area (Å²) in [6.07, 6.45) is 6.76. The molecule has 114 valence electrons. The van der Waals surface area contributed by atoms with Crippen molar-refractivity contribution in [3.8, 4) is 0 Å². The van der Waals surface area contributed by atoms with Gasteiger partial charge in [0.2, 0.25) is 0 Å². The quantitative estimate of drug-likeness (QED) is 0.576. The van der Waals surface area contributed by atoms with Gasteiger partial charge in [0, 0.05) is 18.5 Å². The Morgan fingerprint density at radius 1 is 1.45 bits per heavy atom. The molecule has 20 heavy (non-hydrogen) atoms. The maximum Gasteiger partial charge on any atom is 0.409 e. The van der Waals surface area contributed by atoms with Crippen LogP contribution in [0.15, 0.2) is 25.3 Å². The van der Waals surface area contributed by atoms with E-state index in [2.05, 4.69) is 20.1 Å². The number of rotatable bonds is 7. The fourth-order valence-electron chi connectivity index (χ4n) is 2.69. The van der Waals surface area contributed by atoms with Crippen molar-refractivity contribution in [2.75, 3.05) is 19.7 Å². The van der Waals surface area contributed by atoms with Crippen molar-refractivity contribution in [1.82, 2.24) is 4.90 Å². The van der Waals surface area contributed by atoms with Crippen LogP contribution in [-0.4, -0.2) is 41.9 Å². The van der Waals surface area contributed by atoms with Gasteiger partial charge < -0.3 is 14.7 Å². The third-order valence-corrected chi connectivity index (χ3v) is 4.14. The van der Waals surface area contributed by atoms with Crippen molar-refractivity contribution in [2.45, 2.75) is 45.1 Å². The summed E-state index contributed by atoms with van der Waals surface area (Å²) in [5.41, 5.74) is -0.232. The number of unbranched alkanes of at least 4 members (excludes halogenated alkanes) is 1. The lowest BCUT2D eigenvalue weighted by molar-refractivity contribution is 0.00249. The van der Waals surface area contributed by atoms with E-state index in [9.17, 15) is 9.90 Å². The number of ether oxygens (including phenoxy) is 1. The summed E-state index contributed by atoms with van der Waals surface area (Å²) in [7, 11) is 0. The molecule has 0 saturated carbocycles. The zero-order valence-corrected chi connectivity index (χ0v) is 12.5. The number of aliphatic hydroxyl groups excluding tert-OH is 1. The van der Waals surface area contributed by atoms with Crippen LogP contribution >= 0.6 is 0 Å². The van der Waals surface area contributed by atoms with Crippen molar-refractivity contribution in [2.24, 2.45) is 5.41 Å². The molecule has 1 atom stereocenters. The highest BCUT2D eigenvalue weighted by molar-refractivity contribution is 5.67. The lowest BCUT2D eigenvalue weighted by Crippen LogP contribution is -2.47. The Bertz CT molecular complexity index is 333. The molecule has 0 aromatic heterocycles. The summed E-state index contributed by atoms with van der Waals surface area (Å²) in [5, 5.41) is 10.2. The maximum atomic E-state index is 11.9. The molecule has 4 heteroatoms. The average Bonchev–Trinajstić information content (AvgIpc) is 2.47. The number of hydrogen-bond donors (Lipinski definition) is 1. The van der Waals surface area contributed by atoms with Crippen LogP contribution in [0.25, 0.3) is 0 Å². The maximum absolute atomic E-state index is 11.9.